The molecule has 8 aliphatic carbocycles. The number of allylic oxidation sites excluding steroid dienone is 16. The highest BCUT2D eigenvalue weighted by Gasteiger charge is 2.34. The highest BCUT2D eigenvalue weighted by molar-refractivity contribution is 5.87. The summed E-state index contributed by atoms with van der Waals surface area (Å²) in [6.45, 7) is 0. The van der Waals surface area contributed by atoms with E-state index in [0.717, 1.165) is 63.7 Å². The molecule has 5 aromatic rings. The molecule has 2 nitrogen and oxygen atoms in total. The molecule has 0 saturated heterocycles. The number of fused-ring (bicyclic) bond motifs is 6. The van der Waals surface area contributed by atoms with Crippen LogP contribution in [0, 0.1) is 23.7 Å². The van der Waals surface area contributed by atoms with E-state index in [2.05, 4.69) is 179 Å². The van der Waals surface area contributed by atoms with Crippen molar-refractivity contribution in [2.75, 3.05) is 0 Å². The van der Waals surface area contributed by atoms with E-state index in [0.29, 0.717) is 29.7 Å². The summed E-state index contributed by atoms with van der Waals surface area (Å²) in [7, 11) is 0. The number of nitrogens with zero attached hydrogens (tertiary/aromatic N) is 2. The first-order valence-electron chi connectivity index (χ1n) is 26.6. The Morgan fingerprint density at radius 2 is 1.44 bits per heavy atom. The summed E-state index contributed by atoms with van der Waals surface area (Å²) in [6.07, 6.45) is 53.9. The van der Waals surface area contributed by atoms with E-state index in [1.807, 2.05) is 0 Å². The first kappa shape index (κ1) is 42.0. The number of rotatable bonds is 8. The van der Waals surface area contributed by atoms with Gasteiger partial charge in [-0.2, -0.15) is 0 Å². The van der Waals surface area contributed by atoms with Gasteiger partial charge in [-0.1, -0.05) is 169 Å². The van der Waals surface area contributed by atoms with Crippen LogP contribution >= 0.6 is 0 Å². The normalized spacial score (nSPS) is 26.5. The van der Waals surface area contributed by atoms with Crippen molar-refractivity contribution in [3.05, 3.63) is 212 Å². The van der Waals surface area contributed by atoms with Gasteiger partial charge in [0.25, 0.3) is 0 Å². The lowest BCUT2D eigenvalue weighted by Crippen LogP contribution is -2.33. The van der Waals surface area contributed by atoms with Gasteiger partial charge in [0, 0.05) is 62.0 Å². The number of benzene rings is 3. The Bertz CT molecular complexity index is 3200. The van der Waals surface area contributed by atoms with Gasteiger partial charge in [0.15, 0.2) is 0 Å². The molecular formula is C66H66N2. The Balaban J connectivity index is 0.770. The molecule has 0 saturated carbocycles. The van der Waals surface area contributed by atoms with E-state index in [4.69, 9.17) is 0 Å². The zero-order valence-electron chi connectivity index (χ0n) is 39.8. The molecular weight excluding hydrogens is 821 g/mol. The fraction of sp³-hybridized carbons (Fsp3) is 0.333. The Hall–Kier alpha value is -6.12. The maximum absolute atomic E-state index is 2.88. The van der Waals surface area contributed by atoms with E-state index in [9.17, 15) is 0 Å². The van der Waals surface area contributed by atoms with Gasteiger partial charge in [0.2, 0.25) is 0 Å². The minimum atomic E-state index is 0.428. The molecule has 340 valence electrons. The number of para-hydroxylation sites is 1. The second-order valence-electron chi connectivity index (χ2n) is 21.4. The lowest BCUT2D eigenvalue weighted by Gasteiger charge is -2.35. The van der Waals surface area contributed by atoms with Crippen molar-refractivity contribution in [3.63, 3.8) is 0 Å². The lowest BCUT2D eigenvalue weighted by molar-refractivity contribution is 0.360. The smallest absolute Gasteiger partial charge is 0.0537 e. The van der Waals surface area contributed by atoms with Crippen molar-refractivity contribution in [2.24, 2.45) is 23.7 Å². The average molecular weight is 887 g/mol. The molecule has 13 rings (SSSR count). The zero-order chi connectivity index (χ0) is 45.0. The molecule has 6 unspecified atom stereocenters. The topological polar surface area (TPSA) is 9.86 Å². The van der Waals surface area contributed by atoms with Gasteiger partial charge in [-0.25, -0.2) is 0 Å². The van der Waals surface area contributed by atoms with Crippen molar-refractivity contribution in [2.45, 2.75) is 115 Å². The summed E-state index contributed by atoms with van der Waals surface area (Å²) in [5, 5.41) is 4.24. The van der Waals surface area contributed by atoms with Crippen molar-refractivity contribution in [3.8, 4) is 0 Å². The SMILES string of the molecule is C1=CC(C2CC=CCC2)CC(C2=CC=C(n3c4c(c5ccccc53)=CC(C3=Cc5c6c(n(C7CC=C(C8CC(c9ccccc9)=CC(c9ccccc9)C8)CC7)c5CC3)CCC=C6)CC=4)CC2)=C1. The molecule has 3 aromatic carbocycles. The second-order valence-corrected chi connectivity index (χ2v) is 21.4. The van der Waals surface area contributed by atoms with Gasteiger partial charge < -0.3 is 9.13 Å². The Kier molecular flexibility index (Phi) is 11.2. The lowest BCUT2D eigenvalue weighted by atomic mass is 9.72. The molecule has 2 heterocycles. The van der Waals surface area contributed by atoms with Crippen LogP contribution in [0.1, 0.15) is 135 Å². The summed E-state index contributed by atoms with van der Waals surface area (Å²) in [5.74, 6) is 2.96. The van der Waals surface area contributed by atoms with Gasteiger partial charge in [-0.05, 0) is 160 Å². The Labute approximate surface area is 404 Å². The first-order valence-corrected chi connectivity index (χ1v) is 26.6. The van der Waals surface area contributed by atoms with Crippen LogP contribution in [0.3, 0.4) is 0 Å². The fourth-order valence-corrected chi connectivity index (χ4v) is 14.1. The van der Waals surface area contributed by atoms with Crippen LogP contribution < -0.4 is 10.6 Å². The minimum Gasteiger partial charge on any atom is -0.344 e. The van der Waals surface area contributed by atoms with Crippen LogP contribution in [-0.2, 0) is 12.8 Å². The maximum atomic E-state index is 2.88. The summed E-state index contributed by atoms with van der Waals surface area (Å²) in [6, 6.07) is 32.2. The third kappa shape index (κ3) is 7.73. The molecule has 0 radical (unpaired) electrons. The van der Waals surface area contributed by atoms with Gasteiger partial charge in [-0.3, -0.25) is 0 Å². The standard InChI is InChI=1S/C66H66N2/c1-4-15-45(16-5-1)50-21-14-22-51(39-50)48-27-33-57(34-28-48)67-63-25-12-10-23-59(63)61-43-52(31-37-65(61)67)53-32-38-66-62(44-53)60-24-11-13-26-64(60)68(66)58-35-29-49(30-36-58)56-41-54(46-17-6-2-7-18-46)40-55(42-56)47-19-8-3-9-20-47/h1-4,6-12,14,17-25,27,29,33,37,40,43-45,50,52,54,56,58H,5,13,15-16,26,28,30-32,34-36,38-39,41-42H2. The fourth-order valence-electron chi connectivity index (χ4n) is 14.1. The molecule has 0 aliphatic heterocycles. The molecule has 0 spiro atoms. The van der Waals surface area contributed by atoms with Crippen LogP contribution in [0.25, 0.3) is 46.5 Å². The second kappa shape index (κ2) is 18.1. The highest BCUT2D eigenvalue weighted by Crippen LogP contribution is 2.47. The maximum Gasteiger partial charge on any atom is 0.0537 e. The van der Waals surface area contributed by atoms with Crippen LogP contribution in [-0.4, -0.2) is 9.13 Å². The highest BCUT2D eigenvalue weighted by atomic mass is 15.0. The first-order chi connectivity index (χ1) is 33.7. The quantitative estimate of drug-likeness (QED) is 0.137. The van der Waals surface area contributed by atoms with E-state index < -0.39 is 0 Å². The monoisotopic (exact) mass is 887 g/mol. The molecule has 2 aromatic heterocycles. The van der Waals surface area contributed by atoms with Gasteiger partial charge in [-0.15, -0.1) is 0 Å². The summed E-state index contributed by atoms with van der Waals surface area (Å²) in [5.41, 5.74) is 19.9. The van der Waals surface area contributed by atoms with Crippen molar-refractivity contribution < 1.29 is 0 Å². The zero-order valence-corrected chi connectivity index (χ0v) is 39.8. The predicted molar refractivity (Wildman–Crippen MR) is 287 cm³/mol. The van der Waals surface area contributed by atoms with Gasteiger partial charge in [0.05, 0.1) is 5.52 Å². The number of hydrogen-bond acceptors (Lipinski definition) is 0. The van der Waals surface area contributed by atoms with E-state index >= 15 is 0 Å². The van der Waals surface area contributed by atoms with Crippen molar-refractivity contribution >= 4 is 46.5 Å². The third-order valence-electron chi connectivity index (χ3n) is 17.6. The largest absolute Gasteiger partial charge is 0.344 e. The van der Waals surface area contributed by atoms with Crippen LogP contribution in [0.2, 0.25) is 0 Å². The molecule has 8 aliphatic rings. The van der Waals surface area contributed by atoms with E-state index in [-0.39, 0.29) is 0 Å². The van der Waals surface area contributed by atoms with Crippen LogP contribution in [0.5, 0.6) is 0 Å². The molecule has 0 N–H and O–H groups in total. The van der Waals surface area contributed by atoms with Crippen molar-refractivity contribution in [1.82, 2.24) is 9.13 Å². The molecule has 0 fully saturated rings. The van der Waals surface area contributed by atoms with Gasteiger partial charge >= 0.3 is 0 Å². The third-order valence-corrected chi connectivity index (χ3v) is 17.6. The van der Waals surface area contributed by atoms with E-state index in [1.165, 1.54) is 99.9 Å². The van der Waals surface area contributed by atoms with Gasteiger partial charge in [0.1, 0.15) is 0 Å². The molecule has 0 amide bonds. The summed E-state index contributed by atoms with van der Waals surface area (Å²) in [4.78, 5) is 0. The Morgan fingerprint density at radius 1 is 0.574 bits per heavy atom. The average Bonchev–Trinajstić information content (AvgIpc) is 3.94. The predicted octanol–water partition coefficient (Wildman–Crippen LogP) is 15.4. The number of aromatic nitrogens is 2. The number of hydrogen-bond donors (Lipinski definition) is 0. The molecule has 6 atom stereocenters. The molecule has 68 heavy (non-hydrogen) atoms. The van der Waals surface area contributed by atoms with E-state index in [1.54, 1.807) is 33.7 Å². The van der Waals surface area contributed by atoms with Crippen molar-refractivity contribution in [1.29, 1.82) is 0 Å². The molecule has 2 heteroatoms. The Morgan fingerprint density at radius 3 is 2.28 bits per heavy atom. The van der Waals surface area contributed by atoms with Crippen LogP contribution in [0.15, 0.2) is 168 Å². The van der Waals surface area contributed by atoms with Crippen LogP contribution in [0.4, 0.5) is 0 Å². The molecule has 0 bridgehead atoms. The minimum absolute atomic E-state index is 0.428. The summed E-state index contributed by atoms with van der Waals surface area (Å²) >= 11 is 0. The summed E-state index contributed by atoms with van der Waals surface area (Å²) < 4.78 is 5.50.